The van der Waals surface area contributed by atoms with Crippen molar-refractivity contribution in [3.8, 4) is 6.07 Å². The number of nitriles is 1. The number of rotatable bonds is 7. The summed E-state index contributed by atoms with van der Waals surface area (Å²) in [5.41, 5.74) is 0.350. The number of carbonyl (C=O) groups is 2. The average Bonchev–Trinajstić information content (AvgIpc) is 2.53. The van der Waals surface area contributed by atoms with Crippen LogP contribution in [-0.2, 0) is 19.1 Å². The molecule has 1 N–H and O–H groups in total. The fourth-order valence-electron chi connectivity index (χ4n) is 0.638. The molecule has 0 rings (SSSR count). The van der Waals surface area contributed by atoms with Crippen LogP contribution in [0.1, 0.15) is 26.7 Å². The normalized spacial score (nSPS) is 7.73. The van der Waals surface area contributed by atoms with Crippen LogP contribution in [0.5, 0.6) is 0 Å². The highest BCUT2D eigenvalue weighted by atomic mass is 16.5. The Morgan fingerprint density at radius 1 is 1.27 bits per heavy atom. The highest BCUT2D eigenvalue weighted by molar-refractivity contribution is 5.86. The molecule has 0 aromatic heterocycles. The number of nitrogens with zero attached hydrogens (tertiary/aromatic N) is 1. The van der Waals surface area contributed by atoms with Crippen molar-refractivity contribution in [3.05, 3.63) is 37.5 Å². The fraction of sp³-hybridized carbons (Fsp3) is 0.438. The molecule has 0 radical (unpaired) electrons. The molecule has 0 aliphatic heterocycles. The maximum absolute atomic E-state index is 10.5. The molecule has 0 aromatic rings. The number of allylic oxidation sites excluding steroid dienone is 1. The van der Waals surface area contributed by atoms with Crippen LogP contribution < -0.4 is 0 Å². The first-order chi connectivity index (χ1) is 10.4. The number of aliphatic hydroxyl groups excluding tert-OH is 1. The smallest absolute Gasteiger partial charge is 0.333 e. The van der Waals surface area contributed by atoms with E-state index in [4.69, 9.17) is 10.4 Å². The van der Waals surface area contributed by atoms with Crippen molar-refractivity contribution >= 4 is 11.9 Å². The second kappa shape index (κ2) is 20.9. The van der Waals surface area contributed by atoms with E-state index in [9.17, 15) is 9.59 Å². The van der Waals surface area contributed by atoms with Crippen LogP contribution in [-0.4, -0.2) is 36.9 Å². The fourth-order valence-corrected chi connectivity index (χ4v) is 0.638. The molecule has 0 bridgehead atoms. The first-order valence-electron chi connectivity index (χ1n) is 6.64. The lowest BCUT2D eigenvalue weighted by Crippen LogP contribution is -2.08. The first kappa shape index (κ1) is 24.6. The van der Waals surface area contributed by atoms with Gasteiger partial charge in [-0.15, -0.1) is 0 Å². The minimum Gasteiger partial charge on any atom is -0.463 e. The molecule has 0 fully saturated rings. The van der Waals surface area contributed by atoms with E-state index in [0.717, 1.165) is 12.8 Å². The van der Waals surface area contributed by atoms with Crippen LogP contribution in [0.3, 0.4) is 0 Å². The van der Waals surface area contributed by atoms with Crippen molar-refractivity contribution < 1.29 is 24.2 Å². The van der Waals surface area contributed by atoms with Crippen LogP contribution in [0.2, 0.25) is 0 Å². The molecule has 6 nitrogen and oxygen atoms in total. The van der Waals surface area contributed by atoms with Gasteiger partial charge in [0.1, 0.15) is 6.61 Å². The molecule has 0 atom stereocenters. The Labute approximate surface area is 132 Å². The molecule has 0 spiro atoms. The first-order valence-corrected chi connectivity index (χ1v) is 6.64. The van der Waals surface area contributed by atoms with Gasteiger partial charge in [-0.3, -0.25) is 0 Å². The molecule has 0 saturated carbocycles. The van der Waals surface area contributed by atoms with E-state index in [1.165, 1.54) is 12.2 Å². The van der Waals surface area contributed by atoms with E-state index >= 15 is 0 Å². The summed E-state index contributed by atoms with van der Waals surface area (Å²) in [6, 6.07) is 1.69. The largest absolute Gasteiger partial charge is 0.463 e. The van der Waals surface area contributed by atoms with Crippen LogP contribution in [0.15, 0.2) is 37.5 Å². The maximum atomic E-state index is 10.5. The number of esters is 2. The Bertz CT molecular complexity index is 380. The summed E-state index contributed by atoms with van der Waals surface area (Å²) in [6.07, 6.45) is 4.33. The lowest BCUT2D eigenvalue weighted by molar-refractivity contribution is -0.140. The van der Waals surface area contributed by atoms with Crippen LogP contribution in [0.25, 0.3) is 0 Å². The molecule has 0 aromatic carbocycles. The second-order valence-electron chi connectivity index (χ2n) is 3.70. The number of ether oxygens (including phenoxy) is 2. The number of hydrogen-bond donors (Lipinski definition) is 1. The van der Waals surface area contributed by atoms with Gasteiger partial charge in [0.05, 0.1) is 19.3 Å². The summed E-state index contributed by atoms with van der Waals surface area (Å²) in [5.74, 6) is -0.785. The van der Waals surface area contributed by atoms with Crippen molar-refractivity contribution in [2.45, 2.75) is 26.7 Å². The van der Waals surface area contributed by atoms with Crippen molar-refractivity contribution in [3.63, 3.8) is 0 Å². The van der Waals surface area contributed by atoms with Gasteiger partial charge in [-0.1, -0.05) is 33.1 Å². The third kappa shape index (κ3) is 26.2. The molecule has 0 saturated heterocycles. The third-order valence-electron chi connectivity index (χ3n) is 1.67. The van der Waals surface area contributed by atoms with Gasteiger partial charge in [-0.05, 0) is 13.3 Å². The van der Waals surface area contributed by atoms with Crippen molar-refractivity contribution in [2.75, 3.05) is 19.8 Å². The molecule has 6 heteroatoms. The van der Waals surface area contributed by atoms with Gasteiger partial charge in [0.15, 0.2) is 0 Å². The van der Waals surface area contributed by atoms with E-state index in [1.807, 2.05) is 6.92 Å². The average molecular weight is 311 g/mol. The molecule has 0 unspecified atom stereocenters. The summed E-state index contributed by atoms with van der Waals surface area (Å²) in [4.78, 5) is 20.8. The van der Waals surface area contributed by atoms with Crippen molar-refractivity contribution in [1.29, 1.82) is 5.26 Å². The highest BCUT2D eigenvalue weighted by Crippen LogP contribution is 1.90. The minimum atomic E-state index is -0.455. The third-order valence-corrected chi connectivity index (χ3v) is 1.67. The predicted octanol–water partition coefficient (Wildman–Crippen LogP) is 2.31. The zero-order chi connectivity index (χ0) is 17.8. The van der Waals surface area contributed by atoms with Gasteiger partial charge in [-0.25, -0.2) is 9.59 Å². The Morgan fingerprint density at radius 2 is 1.82 bits per heavy atom. The van der Waals surface area contributed by atoms with Gasteiger partial charge in [0.25, 0.3) is 0 Å². The Balaban J connectivity index is -0.000000266. The standard InChI is InChI=1S/C7H12O2.C6H10O3.C3H3N/c1-3-5-6-9-7(8)4-2;1-5(2)6(8)9-4-3-7;1-2-3-4/h4H,2-3,5-6H2,1H3;7H,1,3-4H2,2H3;2H,1H2. The van der Waals surface area contributed by atoms with E-state index in [2.05, 4.69) is 29.2 Å². The van der Waals surface area contributed by atoms with Gasteiger partial charge in [-0.2, -0.15) is 5.26 Å². The minimum absolute atomic E-state index is 0.0473. The van der Waals surface area contributed by atoms with Gasteiger partial charge in [0, 0.05) is 17.7 Å². The highest BCUT2D eigenvalue weighted by Gasteiger charge is 1.99. The van der Waals surface area contributed by atoms with E-state index < -0.39 is 5.97 Å². The second-order valence-corrected chi connectivity index (χ2v) is 3.70. The van der Waals surface area contributed by atoms with E-state index in [-0.39, 0.29) is 19.2 Å². The maximum Gasteiger partial charge on any atom is 0.333 e. The summed E-state index contributed by atoms with van der Waals surface area (Å²) >= 11 is 0. The van der Waals surface area contributed by atoms with Crippen molar-refractivity contribution in [1.82, 2.24) is 0 Å². The number of unbranched alkanes of at least 4 members (excludes halogenated alkanes) is 1. The zero-order valence-corrected chi connectivity index (χ0v) is 13.3. The van der Waals surface area contributed by atoms with Crippen LogP contribution in [0, 0.1) is 11.3 Å². The van der Waals surface area contributed by atoms with Crippen LogP contribution >= 0.6 is 0 Å². The predicted molar refractivity (Wildman–Crippen MR) is 84.7 cm³/mol. The zero-order valence-electron chi connectivity index (χ0n) is 13.3. The molecule has 0 aliphatic carbocycles. The number of aliphatic hydroxyl groups is 1. The SMILES string of the molecule is C=C(C)C(=O)OCCO.C=CC#N.C=CC(=O)OCCCC. The Hall–Kier alpha value is -2.39. The summed E-state index contributed by atoms with van der Waals surface area (Å²) in [6.45, 7) is 13.8. The molecular formula is C16H25NO5. The summed E-state index contributed by atoms with van der Waals surface area (Å²) < 4.78 is 9.14. The van der Waals surface area contributed by atoms with Crippen LogP contribution in [0.4, 0.5) is 0 Å². The summed E-state index contributed by atoms with van der Waals surface area (Å²) in [5, 5.41) is 15.7. The van der Waals surface area contributed by atoms with E-state index in [0.29, 0.717) is 12.2 Å². The molecule has 22 heavy (non-hydrogen) atoms. The number of hydrogen-bond acceptors (Lipinski definition) is 6. The Morgan fingerprint density at radius 3 is 2.14 bits per heavy atom. The molecular weight excluding hydrogens is 286 g/mol. The van der Waals surface area contributed by atoms with E-state index in [1.54, 1.807) is 13.0 Å². The van der Waals surface area contributed by atoms with Gasteiger partial charge >= 0.3 is 11.9 Å². The molecule has 0 amide bonds. The molecule has 124 valence electrons. The summed E-state index contributed by atoms with van der Waals surface area (Å²) in [7, 11) is 0. The monoisotopic (exact) mass is 311 g/mol. The van der Waals surface area contributed by atoms with Gasteiger partial charge < -0.3 is 14.6 Å². The number of carbonyl (C=O) groups excluding carboxylic acids is 2. The quantitative estimate of drug-likeness (QED) is 0.335. The Kier molecular flexibility index (Phi) is 23.4. The van der Waals surface area contributed by atoms with Gasteiger partial charge in [0.2, 0.25) is 0 Å². The topological polar surface area (TPSA) is 96.6 Å². The lowest BCUT2D eigenvalue weighted by atomic mass is 10.4. The molecule has 0 aliphatic rings. The van der Waals surface area contributed by atoms with Crippen molar-refractivity contribution in [2.24, 2.45) is 0 Å². The lowest BCUT2D eigenvalue weighted by Gasteiger charge is -1.99. The molecule has 0 heterocycles.